The average molecular weight is 471 g/mol. The number of anilines is 2. The van der Waals surface area contributed by atoms with Crippen LogP contribution in [0.1, 0.15) is 30.9 Å². The van der Waals surface area contributed by atoms with Crippen molar-refractivity contribution in [3.05, 3.63) is 52.5 Å². The van der Waals surface area contributed by atoms with E-state index in [1.807, 2.05) is 42.2 Å². The van der Waals surface area contributed by atoms with Crippen molar-refractivity contribution in [1.82, 2.24) is 9.88 Å². The molecule has 1 aliphatic heterocycles. The normalized spacial score (nSPS) is 14.1. The first-order chi connectivity index (χ1) is 15.4. The Hall–Kier alpha value is -2.64. The molecule has 2 amide bonds. The van der Waals surface area contributed by atoms with Crippen molar-refractivity contribution >= 4 is 55.8 Å². The van der Waals surface area contributed by atoms with Crippen LogP contribution in [-0.4, -0.2) is 47.9 Å². The molecule has 168 valence electrons. The number of nitrogens with zero attached hydrogens (tertiary/aromatic N) is 3. The third-order valence-corrected chi connectivity index (χ3v) is 6.96. The van der Waals surface area contributed by atoms with Crippen molar-refractivity contribution in [1.29, 1.82) is 0 Å². The van der Waals surface area contributed by atoms with Crippen molar-refractivity contribution < 1.29 is 9.59 Å². The zero-order valence-corrected chi connectivity index (χ0v) is 19.9. The lowest BCUT2D eigenvalue weighted by Crippen LogP contribution is -2.49. The van der Waals surface area contributed by atoms with Crippen molar-refractivity contribution in [2.45, 2.75) is 33.1 Å². The van der Waals surface area contributed by atoms with Crippen LogP contribution in [0.3, 0.4) is 0 Å². The fourth-order valence-electron chi connectivity index (χ4n) is 3.92. The van der Waals surface area contributed by atoms with Gasteiger partial charge in [0.05, 0.1) is 10.2 Å². The highest BCUT2D eigenvalue weighted by molar-refractivity contribution is 7.22. The molecule has 0 aliphatic carbocycles. The fraction of sp³-hybridized carbons (Fsp3) is 0.375. The van der Waals surface area contributed by atoms with E-state index in [1.165, 1.54) is 16.9 Å². The second kappa shape index (κ2) is 9.88. The number of thiazole rings is 1. The largest absolute Gasteiger partial charge is 0.368 e. The molecule has 0 atom stereocenters. The summed E-state index contributed by atoms with van der Waals surface area (Å²) in [6, 6.07) is 12.0. The van der Waals surface area contributed by atoms with E-state index in [0.29, 0.717) is 24.4 Å². The summed E-state index contributed by atoms with van der Waals surface area (Å²) in [6.07, 6.45) is 1.60. The predicted octanol–water partition coefficient (Wildman–Crippen LogP) is 4.89. The van der Waals surface area contributed by atoms with Gasteiger partial charge in [0, 0.05) is 49.7 Å². The number of amides is 2. The van der Waals surface area contributed by atoms with Crippen LogP contribution in [0.25, 0.3) is 10.2 Å². The van der Waals surface area contributed by atoms with Crippen LogP contribution in [0.5, 0.6) is 0 Å². The number of hydrogen-bond donors (Lipinski definition) is 1. The van der Waals surface area contributed by atoms with E-state index in [-0.39, 0.29) is 11.8 Å². The summed E-state index contributed by atoms with van der Waals surface area (Å²) in [5, 5.41) is 4.17. The molecular formula is C24H27ClN4O2S. The number of piperazine rings is 1. The second-order valence-electron chi connectivity index (χ2n) is 8.02. The van der Waals surface area contributed by atoms with E-state index in [1.54, 1.807) is 0 Å². The van der Waals surface area contributed by atoms with E-state index in [0.717, 1.165) is 52.7 Å². The molecule has 3 aromatic rings. The number of carbonyl (C=O) groups excluding carboxylic acids is 2. The molecular weight excluding hydrogens is 444 g/mol. The minimum absolute atomic E-state index is 0.0412. The minimum Gasteiger partial charge on any atom is -0.368 e. The second-order valence-corrected chi connectivity index (χ2v) is 9.49. The van der Waals surface area contributed by atoms with Gasteiger partial charge in [0.25, 0.3) is 0 Å². The van der Waals surface area contributed by atoms with E-state index in [4.69, 9.17) is 11.6 Å². The van der Waals surface area contributed by atoms with Gasteiger partial charge in [-0.2, -0.15) is 0 Å². The number of carbonyl (C=O) groups is 2. The molecule has 1 N–H and O–H groups in total. The maximum atomic E-state index is 12.8. The van der Waals surface area contributed by atoms with Crippen molar-refractivity contribution in [2.24, 2.45) is 0 Å². The maximum Gasteiger partial charge on any atom is 0.225 e. The van der Waals surface area contributed by atoms with Gasteiger partial charge >= 0.3 is 0 Å². The first kappa shape index (κ1) is 22.6. The van der Waals surface area contributed by atoms with Gasteiger partial charge in [-0.1, -0.05) is 42.0 Å². The molecule has 1 saturated heterocycles. The third kappa shape index (κ3) is 5.22. The standard InChI is InChI=1S/C24H27ClN4O2S/c1-3-22(30)27-24-26-19-8-5-17(14-21(19)32-24)6-9-23(31)29-12-10-28(11-13-29)20-15-18(25)7-4-16(20)2/h4-5,7-8,14-15H,3,6,9-13H2,1-2H3,(H,26,27,30). The molecule has 1 aromatic heterocycles. The molecule has 2 heterocycles. The summed E-state index contributed by atoms with van der Waals surface area (Å²) in [6.45, 7) is 6.97. The predicted molar refractivity (Wildman–Crippen MR) is 132 cm³/mol. The molecule has 0 bridgehead atoms. The Morgan fingerprint density at radius 2 is 1.91 bits per heavy atom. The molecule has 0 saturated carbocycles. The Kier molecular flexibility index (Phi) is 6.96. The van der Waals surface area contributed by atoms with Gasteiger partial charge in [-0.05, 0) is 48.7 Å². The van der Waals surface area contributed by atoms with Crippen molar-refractivity contribution in [3.63, 3.8) is 0 Å². The van der Waals surface area contributed by atoms with Crippen LogP contribution in [0.2, 0.25) is 5.02 Å². The van der Waals surface area contributed by atoms with E-state index >= 15 is 0 Å². The first-order valence-corrected chi connectivity index (χ1v) is 12.1. The van der Waals surface area contributed by atoms with Gasteiger partial charge in [0.15, 0.2) is 5.13 Å². The summed E-state index contributed by atoms with van der Waals surface area (Å²) >= 11 is 7.63. The molecule has 2 aromatic carbocycles. The van der Waals surface area contributed by atoms with Crippen LogP contribution >= 0.6 is 22.9 Å². The van der Waals surface area contributed by atoms with Crippen molar-refractivity contribution in [3.8, 4) is 0 Å². The molecule has 0 radical (unpaired) electrons. The Morgan fingerprint density at radius 3 is 2.66 bits per heavy atom. The summed E-state index contributed by atoms with van der Waals surface area (Å²) in [5.41, 5.74) is 4.32. The smallest absolute Gasteiger partial charge is 0.225 e. The van der Waals surface area contributed by atoms with Crippen LogP contribution in [0.4, 0.5) is 10.8 Å². The highest BCUT2D eigenvalue weighted by atomic mass is 35.5. The summed E-state index contributed by atoms with van der Waals surface area (Å²) in [7, 11) is 0. The molecule has 1 fully saturated rings. The average Bonchev–Trinajstić information content (AvgIpc) is 3.20. The van der Waals surface area contributed by atoms with E-state index in [9.17, 15) is 9.59 Å². The Bertz CT molecular complexity index is 1140. The Labute approximate surface area is 197 Å². The lowest BCUT2D eigenvalue weighted by atomic mass is 10.1. The van der Waals surface area contributed by atoms with Crippen molar-refractivity contribution in [2.75, 3.05) is 36.4 Å². The summed E-state index contributed by atoms with van der Waals surface area (Å²) in [4.78, 5) is 33.1. The Morgan fingerprint density at radius 1 is 1.12 bits per heavy atom. The minimum atomic E-state index is -0.0412. The maximum absolute atomic E-state index is 12.8. The van der Waals surface area contributed by atoms with Gasteiger partial charge in [0.2, 0.25) is 11.8 Å². The number of fused-ring (bicyclic) bond motifs is 1. The molecule has 0 unspecified atom stereocenters. The SMILES string of the molecule is CCC(=O)Nc1nc2ccc(CCC(=O)N3CCN(c4cc(Cl)ccc4C)CC3)cc2s1. The highest BCUT2D eigenvalue weighted by Gasteiger charge is 2.22. The summed E-state index contributed by atoms with van der Waals surface area (Å²) in [5.74, 6) is 0.147. The van der Waals surface area contributed by atoms with Gasteiger partial charge < -0.3 is 15.1 Å². The third-order valence-electron chi connectivity index (χ3n) is 5.79. The first-order valence-electron chi connectivity index (χ1n) is 10.9. The number of aryl methyl sites for hydroxylation is 2. The number of aromatic nitrogens is 1. The quantitative estimate of drug-likeness (QED) is 0.557. The number of nitrogens with one attached hydrogen (secondary N) is 1. The lowest BCUT2D eigenvalue weighted by Gasteiger charge is -2.37. The van der Waals surface area contributed by atoms with Gasteiger partial charge in [0.1, 0.15) is 0 Å². The van der Waals surface area contributed by atoms with Crippen LogP contribution in [0.15, 0.2) is 36.4 Å². The van der Waals surface area contributed by atoms with Crippen LogP contribution in [-0.2, 0) is 16.0 Å². The van der Waals surface area contributed by atoms with Crippen LogP contribution in [0, 0.1) is 6.92 Å². The molecule has 8 heteroatoms. The fourth-order valence-corrected chi connectivity index (χ4v) is 5.03. The zero-order chi connectivity index (χ0) is 22.7. The number of rotatable bonds is 6. The molecule has 6 nitrogen and oxygen atoms in total. The highest BCUT2D eigenvalue weighted by Crippen LogP contribution is 2.28. The number of halogens is 1. The van der Waals surface area contributed by atoms with Gasteiger partial charge in [-0.15, -0.1) is 0 Å². The van der Waals surface area contributed by atoms with Gasteiger partial charge in [-0.3, -0.25) is 9.59 Å². The van der Waals surface area contributed by atoms with Crippen LogP contribution < -0.4 is 10.2 Å². The molecule has 4 rings (SSSR count). The molecule has 0 spiro atoms. The summed E-state index contributed by atoms with van der Waals surface area (Å²) < 4.78 is 1.02. The monoisotopic (exact) mass is 470 g/mol. The lowest BCUT2D eigenvalue weighted by molar-refractivity contribution is -0.131. The Balaban J connectivity index is 1.31. The molecule has 1 aliphatic rings. The van der Waals surface area contributed by atoms with Gasteiger partial charge in [-0.25, -0.2) is 4.98 Å². The van der Waals surface area contributed by atoms with E-state index in [2.05, 4.69) is 28.2 Å². The number of hydrogen-bond acceptors (Lipinski definition) is 5. The topological polar surface area (TPSA) is 65.5 Å². The number of benzene rings is 2. The zero-order valence-electron chi connectivity index (χ0n) is 18.4. The molecule has 32 heavy (non-hydrogen) atoms. The van der Waals surface area contributed by atoms with E-state index < -0.39 is 0 Å².